The molecule has 0 bridgehead atoms. The lowest BCUT2D eigenvalue weighted by atomic mass is 9.87. The van der Waals surface area contributed by atoms with E-state index in [1.807, 2.05) is 58.5 Å². The summed E-state index contributed by atoms with van der Waals surface area (Å²) in [4.78, 5) is 13.5. The van der Waals surface area contributed by atoms with Crippen LogP contribution in [-0.2, 0) is 11.2 Å². The van der Waals surface area contributed by atoms with Crippen LogP contribution in [0.5, 0.6) is 0 Å². The summed E-state index contributed by atoms with van der Waals surface area (Å²) in [6, 6.07) is 20.8. The molecule has 3 aromatic rings. The highest BCUT2D eigenvalue weighted by molar-refractivity contribution is 6.41. The van der Waals surface area contributed by atoms with Crippen molar-refractivity contribution in [3.05, 3.63) is 92.9 Å². The number of fused-ring (bicyclic) bond motifs is 1. The fourth-order valence-electron chi connectivity index (χ4n) is 4.74. The SMILES string of the molecule is CCC1C(C(=O)NN2CCc3ccccc32)=NN(c2ccc(Cl)cc2Cl)C1c1ccc(Cl)cc1. The molecular formula is C26H23Cl3N4O. The van der Waals surface area contributed by atoms with Crippen LogP contribution < -0.4 is 15.4 Å². The van der Waals surface area contributed by atoms with Crippen molar-refractivity contribution in [1.82, 2.24) is 5.43 Å². The summed E-state index contributed by atoms with van der Waals surface area (Å²) in [7, 11) is 0. The number of nitrogens with zero attached hydrogens (tertiary/aromatic N) is 3. The molecule has 0 aliphatic carbocycles. The van der Waals surface area contributed by atoms with Gasteiger partial charge >= 0.3 is 0 Å². The quantitative estimate of drug-likeness (QED) is 0.414. The van der Waals surface area contributed by atoms with Crippen molar-refractivity contribution in [2.24, 2.45) is 11.0 Å². The van der Waals surface area contributed by atoms with E-state index in [2.05, 4.69) is 18.4 Å². The number of hydrazone groups is 1. The largest absolute Gasteiger partial charge is 0.286 e. The zero-order chi connectivity index (χ0) is 23.8. The summed E-state index contributed by atoms with van der Waals surface area (Å²) in [5.74, 6) is -0.360. The van der Waals surface area contributed by atoms with Crippen molar-refractivity contribution in [3.8, 4) is 0 Å². The Balaban J connectivity index is 1.52. The first-order valence-corrected chi connectivity index (χ1v) is 12.3. The minimum atomic E-state index is -0.215. The average molecular weight is 514 g/mol. The van der Waals surface area contributed by atoms with Crippen LogP contribution in [0.3, 0.4) is 0 Å². The molecule has 5 rings (SSSR count). The van der Waals surface area contributed by atoms with Gasteiger partial charge in [0, 0.05) is 22.5 Å². The van der Waals surface area contributed by atoms with Gasteiger partial charge in [-0.1, -0.05) is 72.1 Å². The van der Waals surface area contributed by atoms with E-state index in [1.165, 1.54) is 5.56 Å². The topological polar surface area (TPSA) is 47.9 Å². The molecule has 2 aliphatic rings. The molecule has 0 radical (unpaired) electrons. The van der Waals surface area contributed by atoms with Crippen molar-refractivity contribution >= 4 is 57.8 Å². The van der Waals surface area contributed by atoms with E-state index in [0.717, 1.165) is 30.6 Å². The lowest BCUT2D eigenvalue weighted by molar-refractivity contribution is -0.115. The number of benzene rings is 3. The Morgan fingerprint density at radius 2 is 1.74 bits per heavy atom. The Morgan fingerprint density at radius 1 is 1.00 bits per heavy atom. The number of carbonyl (C=O) groups is 1. The number of carbonyl (C=O) groups excluding carboxylic acids is 1. The monoisotopic (exact) mass is 512 g/mol. The first kappa shape index (κ1) is 23.0. The van der Waals surface area contributed by atoms with Crippen LogP contribution in [0, 0.1) is 5.92 Å². The summed E-state index contributed by atoms with van der Waals surface area (Å²) < 4.78 is 0. The zero-order valence-electron chi connectivity index (χ0n) is 18.5. The summed E-state index contributed by atoms with van der Waals surface area (Å²) in [5.41, 5.74) is 7.49. The number of nitrogens with one attached hydrogen (secondary N) is 1. The van der Waals surface area contributed by atoms with E-state index >= 15 is 0 Å². The van der Waals surface area contributed by atoms with Crippen molar-refractivity contribution in [3.63, 3.8) is 0 Å². The van der Waals surface area contributed by atoms with Gasteiger partial charge in [-0.05, 0) is 60.4 Å². The van der Waals surface area contributed by atoms with E-state index in [-0.39, 0.29) is 17.9 Å². The second-order valence-electron chi connectivity index (χ2n) is 8.41. The highest BCUT2D eigenvalue weighted by Gasteiger charge is 2.42. The molecule has 0 aromatic heterocycles. The average Bonchev–Trinajstić information content (AvgIpc) is 3.41. The van der Waals surface area contributed by atoms with E-state index in [0.29, 0.717) is 26.5 Å². The fourth-order valence-corrected chi connectivity index (χ4v) is 5.36. The summed E-state index contributed by atoms with van der Waals surface area (Å²) >= 11 is 18.9. The number of rotatable bonds is 5. The van der Waals surface area contributed by atoms with Gasteiger partial charge in [-0.3, -0.25) is 20.2 Å². The molecule has 0 spiro atoms. The maximum Gasteiger partial charge on any atom is 0.286 e. The van der Waals surface area contributed by atoms with Crippen LogP contribution in [-0.4, -0.2) is 18.2 Å². The van der Waals surface area contributed by atoms with E-state index < -0.39 is 0 Å². The molecule has 34 heavy (non-hydrogen) atoms. The molecule has 2 atom stereocenters. The molecule has 2 heterocycles. The van der Waals surface area contributed by atoms with Crippen LogP contribution in [0.1, 0.15) is 30.5 Å². The highest BCUT2D eigenvalue weighted by Crippen LogP contribution is 2.44. The number of amides is 1. The normalized spacial score (nSPS) is 19.2. The first-order chi connectivity index (χ1) is 16.5. The maximum absolute atomic E-state index is 13.5. The Hall–Kier alpha value is -2.73. The highest BCUT2D eigenvalue weighted by atomic mass is 35.5. The molecule has 8 heteroatoms. The second kappa shape index (κ2) is 9.49. The van der Waals surface area contributed by atoms with Gasteiger partial charge in [0.25, 0.3) is 5.91 Å². The number of anilines is 2. The van der Waals surface area contributed by atoms with Gasteiger partial charge in [-0.2, -0.15) is 5.10 Å². The molecule has 174 valence electrons. The van der Waals surface area contributed by atoms with Crippen LogP contribution in [0.2, 0.25) is 15.1 Å². The molecule has 1 amide bonds. The van der Waals surface area contributed by atoms with Gasteiger partial charge in [-0.15, -0.1) is 0 Å². The summed E-state index contributed by atoms with van der Waals surface area (Å²) in [6.45, 7) is 2.79. The van der Waals surface area contributed by atoms with Gasteiger partial charge in [0.1, 0.15) is 5.71 Å². The molecule has 3 aromatic carbocycles. The molecule has 0 saturated carbocycles. The number of para-hydroxylation sites is 1. The third-order valence-corrected chi connectivity index (χ3v) is 7.17. The van der Waals surface area contributed by atoms with Crippen molar-refractivity contribution < 1.29 is 4.79 Å². The molecular weight excluding hydrogens is 491 g/mol. The fraction of sp³-hybridized carbons (Fsp3) is 0.231. The predicted molar refractivity (Wildman–Crippen MR) is 140 cm³/mol. The first-order valence-electron chi connectivity index (χ1n) is 11.2. The molecule has 2 unspecified atom stereocenters. The zero-order valence-corrected chi connectivity index (χ0v) is 20.8. The molecule has 0 fully saturated rings. The van der Waals surface area contributed by atoms with Gasteiger partial charge in [-0.25, -0.2) is 0 Å². The Kier molecular flexibility index (Phi) is 6.43. The van der Waals surface area contributed by atoms with Gasteiger partial charge in [0.15, 0.2) is 0 Å². The number of hydrogen-bond acceptors (Lipinski definition) is 4. The Bertz CT molecular complexity index is 1260. The van der Waals surface area contributed by atoms with Crippen LogP contribution in [0.15, 0.2) is 71.8 Å². The number of hydrazine groups is 1. The van der Waals surface area contributed by atoms with E-state index in [9.17, 15) is 4.79 Å². The molecule has 1 N–H and O–H groups in total. The van der Waals surface area contributed by atoms with Crippen LogP contribution >= 0.6 is 34.8 Å². The summed E-state index contributed by atoms with van der Waals surface area (Å²) in [6.07, 6.45) is 1.61. The Labute approximate surface area is 213 Å². The Morgan fingerprint density at radius 3 is 2.47 bits per heavy atom. The maximum atomic E-state index is 13.5. The number of hydrogen-bond donors (Lipinski definition) is 1. The van der Waals surface area contributed by atoms with Gasteiger partial charge < -0.3 is 0 Å². The third kappa shape index (κ3) is 4.24. The summed E-state index contributed by atoms with van der Waals surface area (Å²) in [5, 5.41) is 10.2. The standard InChI is InChI=1S/C26H23Cl3N4O/c1-2-20-24(26(34)31-32-14-13-16-5-3-4-6-22(16)32)30-33(23-12-11-19(28)15-21(23)29)25(20)17-7-9-18(27)10-8-17/h3-12,15,20,25H,2,13-14H2,1H3,(H,31,34). The minimum Gasteiger partial charge on any atom is -0.285 e. The smallest absolute Gasteiger partial charge is 0.285 e. The molecule has 2 aliphatic heterocycles. The third-order valence-electron chi connectivity index (χ3n) is 6.38. The molecule has 5 nitrogen and oxygen atoms in total. The lowest BCUT2D eigenvalue weighted by Gasteiger charge is -2.29. The van der Waals surface area contributed by atoms with E-state index in [4.69, 9.17) is 39.9 Å². The second-order valence-corrected chi connectivity index (χ2v) is 9.69. The minimum absolute atomic E-state index is 0.147. The van der Waals surface area contributed by atoms with Crippen LogP contribution in [0.25, 0.3) is 0 Å². The predicted octanol–water partition coefficient (Wildman–Crippen LogP) is 6.68. The van der Waals surface area contributed by atoms with E-state index in [1.54, 1.807) is 12.1 Å². The van der Waals surface area contributed by atoms with Crippen molar-refractivity contribution in [2.45, 2.75) is 25.8 Å². The lowest BCUT2D eigenvalue weighted by Crippen LogP contribution is -2.46. The van der Waals surface area contributed by atoms with Crippen molar-refractivity contribution in [2.75, 3.05) is 16.6 Å². The number of halogens is 3. The molecule has 0 saturated heterocycles. The van der Waals surface area contributed by atoms with Crippen LogP contribution in [0.4, 0.5) is 11.4 Å². The van der Waals surface area contributed by atoms with Crippen molar-refractivity contribution in [1.29, 1.82) is 0 Å². The van der Waals surface area contributed by atoms with Gasteiger partial charge in [0.05, 0.1) is 22.4 Å². The van der Waals surface area contributed by atoms with Gasteiger partial charge in [0.2, 0.25) is 0 Å².